The summed E-state index contributed by atoms with van der Waals surface area (Å²) in [4.78, 5) is 2.48. The van der Waals surface area contributed by atoms with Gasteiger partial charge in [0.15, 0.2) is 0 Å². The van der Waals surface area contributed by atoms with Crippen LogP contribution in [0.2, 0.25) is 0 Å². The zero-order valence-electron chi connectivity index (χ0n) is 10.4. The Bertz CT molecular complexity index is 263. The fourth-order valence-corrected chi connectivity index (χ4v) is 2.71. The minimum Gasteiger partial charge on any atom is -0.314 e. The molecule has 1 rings (SSSR count). The van der Waals surface area contributed by atoms with Gasteiger partial charge in [-0.1, -0.05) is 0 Å². The molecule has 3 heteroatoms. The first kappa shape index (κ1) is 12.5. The number of nitriles is 1. The van der Waals surface area contributed by atoms with Crippen LogP contribution in [0.3, 0.4) is 0 Å². The predicted molar refractivity (Wildman–Crippen MR) is 62.3 cm³/mol. The Morgan fingerprint density at radius 2 is 2.20 bits per heavy atom. The molecule has 0 saturated carbocycles. The van der Waals surface area contributed by atoms with E-state index in [1.807, 2.05) is 6.92 Å². The first-order valence-corrected chi connectivity index (χ1v) is 5.75. The van der Waals surface area contributed by atoms with Gasteiger partial charge in [-0.15, -0.1) is 0 Å². The summed E-state index contributed by atoms with van der Waals surface area (Å²) in [6, 6.07) is 2.56. The van der Waals surface area contributed by atoms with Crippen molar-refractivity contribution in [3.63, 3.8) is 0 Å². The molecule has 1 aliphatic heterocycles. The molecule has 0 aromatic carbocycles. The van der Waals surface area contributed by atoms with Crippen molar-refractivity contribution in [1.82, 2.24) is 4.90 Å². The molecule has 1 fully saturated rings. The number of nitrogens with zero attached hydrogens (tertiary/aromatic N) is 2. The van der Waals surface area contributed by atoms with E-state index in [0.717, 1.165) is 13.0 Å². The highest BCUT2D eigenvalue weighted by atomic mass is 15.2. The van der Waals surface area contributed by atoms with Crippen LogP contribution in [0.1, 0.15) is 47.0 Å². The van der Waals surface area contributed by atoms with Crippen LogP contribution >= 0.6 is 0 Å². The molecule has 0 aliphatic carbocycles. The molecule has 3 nitrogen and oxygen atoms in total. The lowest BCUT2D eigenvalue weighted by Crippen LogP contribution is -2.49. The molecule has 1 heterocycles. The van der Waals surface area contributed by atoms with Crippen LogP contribution in [0.4, 0.5) is 0 Å². The molecule has 0 amide bonds. The quantitative estimate of drug-likeness (QED) is 0.772. The maximum absolute atomic E-state index is 8.92. The monoisotopic (exact) mass is 209 g/mol. The maximum atomic E-state index is 8.92. The van der Waals surface area contributed by atoms with Gasteiger partial charge in [-0.05, 0) is 53.5 Å². The van der Waals surface area contributed by atoms with Crippen LogP contribution < -0.4 is 5.73 Å². The second-order valence-corrected chi connectivity index (χ2v) is 5.69. The molecule has 1 saturated heterocycles. The minimum absolute atomic E-state index is 0.269. The molecular formula is C12H23N3. The fraction of sp³-hybridized carbons (Fsp3) is 0.917. The molecule has 1 aliphatic rings. The lowest BCUT2D eigenvalue weighted by molar-refractivity contribution is 0.111. The van der Waals surface area contributed by atoms with E-state index in [2.05, 4.69) is 31.7 Å². The van der Waals surface area contributed by atoms with E-state index in [-0.39, 0.29) is 5.54 Å². The van der Waals surface area contributed by atoms with Crippen molar-refractivity contribution in [2.45, 2.75) is 64.1 Å². The van der Waals surface area contributed by atoms with E-state index in [9.17, 15) is 0 Å². The van der Waals surface area contributed by atoms with E-state index in [1.54, 1.807) is 0 Å². The zero-order chi connectivity index (χ0) is 11.7. The zero-order valence-corrected chi connectivity index (χ0v) is 10.4. The first-order valence-electron chi connectivity index (χ1n) is 5.75. The van der Waals surface area contributed by atoms with Gasteiger partial charge < -0.3 is 5.73 Å². The van der Waals surface area contributed by atoms with Crippen LogP contribution in [0.25, 0.3) is 0 Å². The van der Waals surface area contributed by atoms with Gasteiger partial charge in [0, 0.05) is 11.6 Å². The Morgan fingerprint density at radius 1 is 1.60 bits per heavy atom. The third kappa shape index (κ3) is 2.93. The highest BCUT2D eigenvalue weighted by Crippen LogP contribution is 2.32. The standard InChI is InChI=1S/C12H23N3/c1-10(8-12(4,14)9-13)15-7-5-6-11(15,2)3/h10H,5-8,14H2,1-4H3. The number of likely N-dealkylation sites (tertiary alicyclic amines) is 1. The summed E-state index contributed by atoms with van der Waals surface area (Å²) in [5, 5.41) is 8.92. The van der Waals surface area contributed by atoms with E-state index in [4.69, 9.17) is 11.0 Å². The topological polar surface area (TPSA) is 53.1 Å². The van der Waals surface area contributed by atoms with Gasteiger partial charge in [-0.25, -0.2) is 0 Å². The molecule has 15 heavy (non-hydrogen) atoms. The predicted octanol–water partition coefficient (Wildman–Crippen LogP) is 1.88. The second-order valence-electron chi connectivity index (χ2n) is 5.69. The van der Waals surface area contributed by atoms with E-state index < -0.39 is 5.54 Å². The van der Waals surface area contributed by atoms with Crippen molar-refractivity contribution in [3.8, 4) is 6.07 Å². The lowest BCUT2D eigenvalue weighted by atomic mass is 9.93. The fourth-order valence-electron chi connectivity index (χ4n) is 2.71. The Morgan fingerprint density at radius 3 is 2.60 bits per heavy atom. The highest BCUT2D eigenvalue weighted by Gasteiger charge is 2.36. The third-order valence-corrected chi connectivity index (χ3v) is 3.47. The molecule has 0 bridgehead atoms. The molecule has 0 aromatic heterocycles. The molecule has 0 aromatic rings. The van der Waals surface area contributed by atoms with Gasteiger partial charge >= 0.3 is 0 Å². The van der Waals surface area contributed by atoms with E-state index in [0.29, 0.717) is 6.04 Å². The average molecular weight is 209 g/mol. The van der Waals surface area contributed by atoms with E-state index in [1.165, 1.54) is 12.8 Å². The van der Waals surface area contributed by atoms with Crippen LogP contribution in [0.15, 0.2) is 0 Å². The van der Waals surface area contributed by atoms with E-state index >= 15 is 0 Å². The lowest BCUT2D eigenvalue weighted by Gasteiger charge is -2.38. The molecule has 2 atom stereocenters. The van der Waals surface area contributed by atoms with Gasteiger partial charge in [0.05, 0.1) is 6.07 Å². The van der Waals surface area contributed by atoms with Crippen molar-refractivity contribution < 1.29 is 0 Å². The van der Waals surface area contributed by atoms with Gasteiger partial charge in [0.25, 0.3) is 0 Å². The third-order valence-electron chi connectivity index (χ3n) is 3.47. The summed E-state index contributed by atoms with van der Waals surface area (Å²) in [5.41, 5.74) is 5.46. The van der Waals surface area contributed by atoms with Gasteiger partial charge in [-0.3, -0.25) is 4.90 Å². The summed E-state index contributed by atoms with van der Waals surface area (Å²) in [6.07, 6.45) is 3.24. The van der Waals surface area contributed by atoms with Gasteiger partial charge in [0.1, 0.15) is 5.54 Å². The summed E-state index contributed by atoms with van der Waals surface area (Å²) in [5.74, 6) is 0. The number of nitrogens with two attached hydrogens (primary N) is 1. The SMILES string of the molecule is CC(CC(C)(N)C#N)N1CCCC1(C)C. The Balaban J connectivity index is 2.62. The normalized spacial score (nSPS) is 26.9. The average Bonchev–Trinajstić information content (AvgIpc) is 2.44. The Hall–Kier alpha value is -0.590. The smallest absolute Gasteiger partial charge is 0.102 e. The van der Waals surface area contributed by atoms with Crippen molar-refractivity contribution in [2.75, 3.05) is 6.54 Å². The minimum atomic E-state index is -0.696. The molecule has 0 radical (unpaired) electrons. The molecule has 86 valence electrons. The van der Waals surface area contributed by atoms with Crippen molar-refractivity contribution >= 4 is 0 Å². The largest absolute Gasteiger partial charge is 0.314 e. The maximum Gasteiger partial charge on any atom is 0.102 e. The summed E-state index contributed by atoms with van der Waals surface area (Å²) in [6.45, 7) is 9.67. The van der Waals surface area contributed by atoms with Gasteiger partial charge in [0.2, 0.25) is 0 Å². The molecular weight excluding hydrogens is 186 g/mol. The Kier molecular flexibility index (Phi) is 3.42. The van der Waals surface area contributed by atoms with Crippen molar-refractivity contribution in [2.24, 2.45) is 5.73 Å². The number of hydrogen-bond donors (Lipinski definition) is 1. The van der Waals surface area contributed by atoms with Crippen LogP contribution in [-0.4, -0.2) is 28.6 Å². The van der Waals surface area contributed by atoms with Crippen molar-refractivity contribution in [3.05, 3.63) is 0 Å². The summed E-state index contributed by atoms with van der Waals surface area (Å²) < 4.78 is 0. The number of hydrogen-bond acceptors (Lipinski definition) is 3. The van der Waals surface area contributed by atoms with Crippen molar-refractivity contribution in [1.29, 1.82) is 5.26 Å². The Labute approximate surface area is 93.2 Å². The molecule has 2 unspecified atom stereocenters. The second kappa shape index (κ2) is 4.11. The van der Waals surface area contributed by atoms with Crippen LogP contribution in [0.5, 0.6) is 0 Å². The van der Waals surface area contributed by atoms with Crippen LogP contribution in [0, 0.1) is 11.3 Å². The van der Waals surface area contributed by atoms with Gasteiger partial charge in [-0.2, -0.15) is 5.26 Å². The molecule has 2 N–H and O–H groups in total. The first-order chi connectivity index (χ1) is 6.78. The van der Waals surface area contributed by atoms with Crippen LogP contribution in [-0.2, 0) is 0 Å². The highest BCUT2D eigenvalue weighted by molar-refractivity contribution is 5.04. The summed E-state index contributed by atoms with van der Waals surface area (Å²) in [7, 11) is 0. The number of rotatable bonds is 3. The molecule has 0 spiro atoms. The summed E-state index contributed by atoms with van der Waals surface area (Å²) >= 11 is 0.